The number of hydrazine groups is 1. The number of rotatable bonds is 4. The summed E-state index contributed by atoms with van der Waals surface area (Å²) in [5.41, 5.74) is 10.3. The van der Waals surface area contributed by atoms with Crippen molar-refractivity contribution >= 4 is 48.6 Å². The molecule has 6 heterocycles. The number of thiazole rings is 1. The molecule has 14 heteroatoms. The van der Waals surface area contributed by atoms with E-state index in [0.717, 1.165) is 67.5 Å². The number of nitrogens with zero attached hydrogens (tertiary/aromatic N) is 4. The van der Waals surface area contributed by atoms with Crippen LogP contribution < -0.4 is 15.1 Å². The van der Waals surface area contributed by atoms with E-state index in [4.69, 9.17) is 24.2 Å². The predicted octanol–water partition coefficient (Wildman–Crippen LogP) is 6.33. The number of carbonyl (C=O) groups is 3. The van der Waals surface area contributed by atoms with Crippen LogP contribution in [0.15, 0.2) is 66.2 Å². The van der Waals surface area contributed by atoms with Crippen molar-refractivity contribution < 1.29 is 28.6 Å². The Morgan fingerprint density at radius 1 is 1.14 bits per heavy atom. The van der Waals surface area contributed by atoms with Crippen LogP contribution in [0.3, 0.4) is 0 Å². The van der Waals surface area contributed by atoms with Gasteiger partial charge in [0.2, 0.25) is 11.4 Å². The van der Waals surface area contributed by atoms with E-state index in [-0.39, 0.29) is 36.6 Å². The summed E-state index contributed by atoms with van der Waals surface area (Å²) in [6.45, 7) is 7.91. The molecule has 1 saturated heterocycles. The SMILES string of the molecule is CCn1c2c3c4cc(ccc41)-c1csc(n1)C[Si](NC(=O)[C@H]1COc4ccccc4C1)C(=O)N1CCC[C@H](N1)C(=O)OCC(C)(C)C3[C@H](OC)c1ncccc1-2. The summed E-state index contributed by atoms with van der Waals surface area (Å²) in [6, 6.07) is 17.9. The molecular formula is C42H45N6O6SSi. The maximum atomic E-state index is 14.4. The third kappa shape index (κ3) is 6.32. The largest absolute Gasteiger partial charge is 0.492 e. The van der Waals surface area contributed by atoms with Gasteiger partial charge in [0, 0.05) is 71.2 Å². The molecule has 2 aromatic carbocycles. The zero-order valence-corrected chi connectivity index (χ0v) is 33.8. The lowest BCUT2D eigenvalue weighted by atomic mass is 9.67. The summed E-state index contributed by atoms with van der Waals surface area (Å²) >= 11 is 1.49. The molecule has 1 fully saturated rings. The average Bonchev–Trinajstić information content (AvgIpc) is 3.83. The first-order valence-corrected chi connectivity index (χ1v) is 21.9. The van der Waals surface area contributed by atoms with Crippen molar-refractivity contribution in [2.24, 2.45) is 11.3 Å². The minimum Gasteiger partial charge on any atom is -0.492 e. The van der Waals surface area contributed by atoms with Gasteiger partial charge in [-0.1, -0.05) is 38.1 Å². The van der Waals surface area contributed by atoms with Gasteiger partial charge >= 0.3 is 5.97 Å². The molecular weight excluding hydrogens is 745 g/mol. The lowest BCUT2D eigenvalue weighted by Gasteiger charge is -2.42. The van der Waals surface area contributed by atoms with Crippen LogP contribution in [0.5, 0.6) is 5.75 Å². The second kappa shape index (κ2) is 14.6. The number of methoxy groups -OCH3 is 1. The summed E-state index contributed by atoms with van der Waals surface area (Å²) in [6.07, 6.45) is 3.07. The molecule has 4 aliphatic rings. The second-order valence-corrected chi connectivity index (χ2v) is 18.7. The van der Waals surface area contributed by atoms with Crippen molar-refractivity contribution in [1.82, 2.24) is 30.0 Å². The highest BCUT2D eigenvalue weighted by molar-refractivity contribution is 7.10. The zero-order valence-electron chi connectivity index (χ0n) is 32.0. The van der Waals surface area contributed by atoms with Crippen LogP contribution in [0.2, 0.25) is 0 Å². The topological polar surface area (TPSA) is 137 Å². The Kier molecular flexibility index (Phi) is 9.55. The zero-order chi connectivity index (χ0) is 38.7. The number of para-hydroxylation sites is 1. The van der Waals surface area contributed by atoms with E-state index in [1.807, 2.05) is 41.9 Å². The van der Waals surface area contributed by atoms with Crippen LogP contribution in [0.25, 0.3) is 33.4 Å². The maximum absolute atomic E-state index is 14.4. The number of hydrogen-bond acceptors (Lipinski definition) is 10. The van der Waals surface area contributed by atoms with Gasteiger partial charge in [-0.3, -0.25) is 24.4 Å². The molecule has 12 nitrogen and oxygen atoms in total. The smallest absolute Gasteiger partial charge is 0.324 e. The van der Waals surface area contributed by atoms with Crippen molar-refractivity contribution in [3.63, 3.8) is 0 Å². The normalized spacial score (nSPS) is 23.4. The molecule has 3 aromatic heterocycles. The highest BCUT2D eigenvalue weighted by atomic mass is 32.1. The van der Waals surface area contributed by atoms with Crippen LogP contribution in [0, 0.1) is 11.3 Å². The standard InChI is InChI=1S/C42H45N6O6SSi/c1-5-47-31-15-14-24-19-28(31)34-35(38(52-4)36-27(37(34)47)11-8-16-43-36)42(2,3)23-54-40(50)29-12-9-17-48(45-29)41(51)56(22-33-44-30(24)21-55-33)46-39(49)26-18-25-10-6-7-13-32(25)53-20-26/h6-8,10-11,13-16,19,21,26,29,35,38,45H,5,9,12,17-18,20,22-23H2,1-4H3,(H,46,49)/t26-,29+,35?,38+/m1/s1. The molecule has 1 radical (unpaired) electrons. The number of carbonyl (C=O) groups excluding carboxylic acids is 3. The number of amides is 2. The number of esters is 1. The fourth-order valence-electron chi connectivity index (χ4n) is 8.98. The van der Waals surface area contributed by atoms with E-state index in [0.29, 0.717) is 25.8 Å². The summed E-state index contributed by atoms with van der Waals surface area (Å²) in [7, 11) is -0.555. The van der Waals surface area contributed by atoms with Gasteiger partial charge in [0.15, 0.2) is 0 Å². The molecule has 1 unspecified atom stereocenters. The van der Waals surface area contributed by atoms with E-state index in [1.54, 1.807) is 7.11 Å². The predicted molar refractivity (Wildman–Crippen MR) is 214 cm³/mol. The molecule has 6 bridgehead atoms. The maximum Gasteiger partial charge on any atom is 0.324 e. The highest BCUT2D eigenvalue weighted by Gasteiger charge is 2.48. The number of benzene rings is 2. The van der Waals surface area contributed by atoms with E-state index in [1.165, 1.54) is 16.3 Å². The van der Waals surface area contributed by atoms with Crippen molar-refractivity contribution in [2.45, 2.75) is 70.7 Å². The first-order valence-electron chi connectivity index (χ1n) is 19.4. The Morgan fingerprint density at radius 3 is 2.84 bits per heavy atom. The highest BCUT2D eigenvalue weighted by Crippen LogP contribution is 2.57. The van der Waals surface area contributed by atoms with Gasteiger partial charge in [0.1, 0.15) is 24.5 Å². The Morgan fingerprint density at radius 2 is 2.00 bits per heavy atom. The average molecular weight is 790 g/mol. The molecule has 289 valence electrons. The Labute approximate surface area is 331 Å². The summed E-state index contributed by atoms with van der Waals surface area (Å²) in [5.74, 6) is -0.505. The van der Waals surface area contributed by atoms with Gasteiger partial charge in [0.05, 0.1) is 34.6 Å². The Bertz CT molecular complexity index is 2360. The molecule has 0 saturated carbocycles. The number of pyridine rings is 1. The van der Waals surface area contributed by atoms with Crippen molar-refractivity contribution in [3.05, 3.63) is 88.0 Å². The number of cyclic esters (lactones) is 1. The molecule has 9 rings (SSSR count). The molecule has 2 N–H and O–H groups in total. The molecule has 4 atom stereocenters. The van der Waals surface area contributed by atoms with Crippen LogP contribution in [0.4, 0.5) is 4.79 Å². The molecule has 2 amide bonds. The van der Waals surface area contributed by atoms with Gasteiger partial charge in [-0.15, -0.1) is 11.3 Å². The number of hydrogen-bond donors (Lipinski definition) is 2. The summed E-state index contributed by atoms with van der Waals surface area (Å²) in [5, 5.41) is 5.40. The van der Waals surface area contributed by atoms with E-state index >= 15 is 0 Å². The minimum atomic E-state index is -2.28. The minimum absolute atomic E-state index is 0.121. The number of aromatic nitrogens is 3. The van der Waals surface area contributed by atoms with Crippen LogP contribution in [0.1, 0.15) is 67.5 Å². The lowest BCUT2D eigenvalue weighted by Crippen LogP contribution is -2.62. The van der Waals surface area contributed by atoms with Crippen molar-refractivity contribution in [1.29, 1.82) is 0 Å². The van der Waals surface area contributed by atoms with Crippen LogP contribution >= 0.6 is 11.3 Å². The van der Waals surface area contributed by atoms with E-state index in [2.05, 4.69) is 60.0 Å². The third-order valence-corrected chi connectivity index (χ3v) is 14.9. The molecule has 5 aromatic rings. The first kappa shape index (κ1) is 36.7. The summed E-state index contributed by atoms with van der Waals surface area (Å²) in [4.78, 5) is 55.3. The third-order valence-electron chi connectivity index (χ3n) is 11.8. The number of ether oxygens (including phenoxy) is 3. The second-order valence-electron chi connectivity index (χ2n) is 15.8. The number of nitrogens with one attached hydrogen (secondary N) is 2. The van der Waals surface area contributed by atoms with Gasteiger partial charge in [-0.2, -0.15) is 0 Å². The van der Waals surface area contributed by atoms with Crippen LogP contribution in [-0.2, 0) is 38.1 Å². The number of fused-ring (bicyclic) bond motifs is 9. The van der Waals surface area contributed by atoms with Gasteiger partial charge in [0.25, 0.3) is 8.96 Å². The molecule has 1 aliphatic carbocycles. The number of aryl methyl sites for hydroxylation is 1. The van der Waals surface area contributed by atoms with Crippen LogP contribution in [-0.4, -0.2) is 78.8 Å². The Balaban J connectivity index is 1.14. The van der Waals surface area contributed by atoms with E-state index in [9.17, 15) is 14.4 Å². The monoisotopic (exact) mass is 789 g/mol. The molecule has 3 aliphatic heterocycles. The van der Waals surface area contributed by atoms with E-state index < -0.39 is 38.4 Å². The van der Waals surface area contributed by atoms with Gasteiger partial charge in [-0.05, 0) is 67.6 Å². The fourth-order valence-corrected chi connectivity index (χ4v) is 12.1. The van der Waals surface area contributed by atoms with Crippen molar-refractivity contribution in [3.8, 4) is 28.3 Å². The Hall–Kier alpha value is -4.89. The molecule has 0 spiro atoms. The fraction of sp³-hybridized carbons (Fsp3) is 0.405. The van der Waals surface area contributed by atoms with Gasteiger partial charge in [-0.25, -0.2) is 10.4 Å². The van der Waals surface area contributed by atoms with Gasteiger partial charge < -0.3 is 23.8 Å². The first-order chi connectivity index (χ1) is 27.1. The quantitative estimate of drug-likeness (QED) is 0.158. The lowest BCUT2D eigenvalue weighted by molar-refractivity contribution is -0.153. The van der Waals surface area contributed by atoms with Crippen molar-refractivity contribution in [2.75, 3.05) is 26.9 Å². The summed E-state index contributed by atoms with van der Waals surface area (Å²) < 4.78 is 20.8. The molecule has 56 heavy (non-hydrogen) atoms.